The maximum Gasteiger partial charge on any atom is 0.305 e. The third-order valence-electron chi connectivity index (χ3n) is 3.64. The molecule has 1 atom stereocenters. The second kappa shape index (κ2) is 8.01. The summed E-state index contributed by atoms with van der Waals surface area (Å²) in [6.45, 7) is 2.57. The summed E-state index contributed by atoms with van der Waals surface area (Å²) < 4.78 is 5.49. The van der Waals surface area contributed by atoms with E-state index in [-0.39, 0.29) is 12.3 Å². The van der Waals surface area contributed by atoms with Gasteiger partial charge in [0.2, 0.25) is 5.91 Å². The second-order valence-corrected chi connectivity index (χ2v) is 6.74. The number of ether oxygens (including phenoxy) is 1. The van der Waals surface area contributed by atoms with Crippen LogP contribution >= 0.6 is 11.8 Å². The first kappa shape index (κ1) is 17.9. The van der Waals surface area contributed by atoms with Crippen LogP contribution < -0.4 is 10.1 Å². The van der Waals surface area contributed by atoms with Gasteiger partial charge < -0.3 is 15.2 Å². The highest BCUT2D eigenvalue weighted by atomic mass is 32.2. The van der Waals surface area contributed by atoms with Crippen molar-refractivity contribution in [2.75, 3.05) is 6.61 Å². The summed E-state index contributed by atoms with van der Waals surface area (Å²) in [6, 6.07) is 11.7. The average Bonchev–Trinajstić information content (AvgIpc) is 2.94. The van der Waals surface area contributed by atoms with E-state index >= 15 is 0 Å². The lowest BCUT2D eigenvalue weighted by Crippen LogP contribution is -2.26. The van der Waals surface area contributed by atoms with E-state index in [0.717, 1.165) is 33.8 Å². The van der Waals surface area contributed by atoms with Crippen molar-refractivity contribution in [1.29, 1.82) is 0 Å². The molecule has 0 saturated carbocycles. The average molecular weight is 371 g/mol. The molecule has 0 aliphatic carbocycles. The zero-order valence-corrected chi connectivity index (χ0v) is 14.8. The van der Waals surface area contributed by atoms with Gasteiger partial charge in [-0.1, -0.05) is 30.0 Å². The summed E-state index contributed by atoms with van der Waals surface area (Å²) in [5.41, 5.74) is 0.863. The number of nitrogens with one attached hydrogen (secondary N) is 1. The third kappa shape index (κ3) is 4.40. The van der Waals surface area contributed by atoms with Gasteiger partial charge in [-0.3, -0.25) is 9.59 Å². The minimum absolute atomic E-state index is 0.242. The number of carboxylic acid groups (broad SMARTS) is 1. The number of aliphatic carboxylic acids is 1. The minimum atomic E-state index is -1.02. The largest absolute Gasteiger partial charge is 0.494 e. The molecule has 1 amide bonds. The molecule has 0 aromatic heterocycles. The van der Waals surface area contributed by atoms with E-state index < -0.39 is 11.2 Å². The molecule has 2 aromatic carbocycles. The van der Waals surface area contributed by atoms with Crippen molar-refractivity contribution in [1.82, 2.24) is 5.32 Å². The van der Waals surface area contributed by atoms with Crippen LogP contribution in [-0.2, 0) is 9.59 Å². The van der Waals surface area contributed by atoms with E-state index in [1.807, 2.05) is 43.3 Å². The maximum absolute atomic E-state index is 11.6. The predicted octanol–water partition coefficient (Wildman–Crippen LogP) is 2.63. The molecule has 26 heavy (non-hydrogen) atoms. The first-order valence-electron chi connectivity index (χ1n) is 8.02. The Morgan fingerprint density at radius 2 is 2.08 bits per heavy atom. The van der Waals surface area contributed by atoms with E-state index in [1.165, 1.54) is 0 Å². The number of carboxylic acids is 1. The number of hydrogen-bond donors (Lipinski definition) is 2. The molecule has 3 rings (SSSR count). The fraction of sp³-hybridized carbons (Fsp3) is 0.222. The van der Waals surface area contributed by atoms with E-state index in [0.29, 0.717) is 11.8 Å². The van der Waals surface area contributed by atoms with Crippen LogP contribution in [0, 0.1) is 0 Å². The molecular weight excluding hydrogens is 354 g/mol. The predicted molar refractivity (Wildman–Crippen MR) is 102 cm³/mol. The Morgan fingerprint density at radius 1 is 1.31 bits per heavy atom. The molecule has 0 radical (unpaired) electrons. The molecule has 7 nitrogen and oxygen atoms in total. The number of thioether (sulfide) groups is 1. The topological polar surface area (TPSA) is 100 Å². The van der Waals surface area contributed by atoms with Gasteiger partial charge in [-0.05, 0) is 41.5 Å². The Labute approximate surface area is 154 Å². The number of benzene rings is 2. The van der Waals surface area contributed by atoms with Crippen LogP contribution in [0.25, 0.3) is 10.8 Å². The molecule has 1 unspecified atom stereocenters. The SMILES string of the molecule is CCOc1ccc2cc(C=NN=C3NC(=O)C(CC(=O)O)S3)ccc2c1. The van der Waals surface area contributed by atoms with Gasteiger partial charge in [-0.25, -0.2) is 0 Å². The fourth-order valence-corrected chi connectivity index (χ4v) is 3.39. The monoisotopic (exact) mass is 371 g/mol. The molecule has 1 aliphatic rings. The highest BCUT2D eigenvalue weighted by molar-refractivity contribution is 8.15. The van der Waals surface area contributed by atoms with E-state index in [4.69, 9.17) is 9.84 Å². The zero-order valence-electron chi connectivity index (χ0n) is 14.0. The van der Waals surface area contributed by atoms with E-state index in [2.05, 4.69) is 15.5 Å². The molecule has 1 heterocycles. The number of hydrogen-bond acceptors (Lipinski definition) is 6. The molecule has 2 aromatic rings. The van der Waals surface area contributed by atoms with Gasteiger partial charge in [-0.15, -0.1) is 5.10 Å². The minimum Gasteiger partial charge on any atom is -0.494 e. The Hall–Kier alpha value is -2.87. The van der Waals surface area contributed by atoms with Crippen LogP contribution in [0.2, 0.25) is 0 Å². The number of amides is 1. The number of carbonyl (C=O) groups excluding carboxylic acids is 1. The van der Waals surface area contributed by atoms with Gasteiger partial charge in [0.25, 0.3) is 0 Å². The van der Waals surface area contributed by atoms with Gasteiger partial charge in [0.1, 0.15) is 11.0 Å². The molecule has 1 fully saturated rings. The van der Waals surface area contributed by atoms with Crippen molar-refractivity contribution in [2.24, 2.45) is 10.2 Å². The van der Waals surface area contributed by atoms with E-state index in [1.54, 1.807) is 6.21 Å². The second-order valence-electron chi connectivity index (χ2n) is 5.54. The summed E-state index contributed by atoms with van der Waals surface area (Å²) in [4.78, 5) is 22.3. The summed E-state index contributed by atoms with van der Waals surface area (Å²) in [5, 5.41) is 21.0. The summed E-state index contributed by atoms with van der Waals surface area (Å²) in [6.07, 6.45) is 1.34. The fourth-order valence-electron chi connectivity index (χ4n) is 2.47. The Bertz CT molecular complexity index is 910. The maximum atomic E-state index is 11.6. The van der Waals surface area contributed by atoms with Gasteiger partial charge in [-0.2, -0.15) is 5.10 Å². The number of fused-ring (bicyclic) bond motifs is 1. The smallest absolute Gasteiger partial charge is 0.305 e. The van der Waals surface area contributed by atoms with Crippen LogP contribution in [0.5, 0.6) is 5.75 Å². The van der Waals surface area contributed by atoms with Crippen molar-refractivity contribution in [2.45, 2.75) is 18.6 Å². The molecule has 0 bridgehead atoms. The lowest BCUT2D eigenvalue weighted by atomic mass is 10.1. The van der Waals surface area contributed by atoms with Crippen LogP contribution in [-0.4, -0.2) is 40.2 Å². The van der Waals surface area contributed by atoms with Gasteiger partial charge >= 0.3 is 5.97 Å². The Morgan fingerprint density at radius 3 is 2.85 bits per heavy atom. The van der Waals surface area contributed by atoms with Crippen molar-refractivity contribution in [3.63, 3.8) is 0 Å². The highest BCUT2D eigenvalue weighted by Crippen LogP contribution is 2.23. The van der Waals surface area contributed by atoms with Crippen molar-refractivity contribution < 1.29 is 19.4 Å². The molecule has 1 saturated heterocycles. The van der Waals surface area contributed by atoms with Gasteiger partial charge in [0.05, 0.1) is 19.2 Å². The van der Waals surface area contributed by atoms with Crippen LogP contribution in [0.15, 0.2) is 46.6 Å². The lowest BCUT2D eigenvalue weighted by molar-refractivity contribution is -0.138. The first-order chi connectivity index (χ1) is 12.5. The number of nitrogens with zero attached hydrogens (tertiary/aromatic N) is 2. The van der Waals surface area contributed by atoms with Crippen LogP contribution in [0.1, 0.15) is 18.9 Å². The third-order valence-corrected chi connectivity index (χ3v) is 4.71. The molecule has 134 valence electrons. The molecule has 8 heteroatoms. The van der Waals surface area contributed by atoms with Crippen molar-refractivity contribution >= 4 is 45.8 Å². The number of carbonyl (C=O) groups is 2. The highest BCUT2D eigenvalue weighted by Gasteiger charge is 2.32. The van der Waals surface area contributed by atoms with Crippen molar-refractivity contribution in [3.8, 4) is 5.75 Å². The molecule has 1 aliphatic heterocycles. The van der Waals surface area contributed by atoms with Crippen LogP contribution in [0.4, 0.5) is 0 Å². The Kier molecular flexibility index (Phi) is 5.52. The quantitative estimate of drug-likeness (QED) is 0.601. The summed E-state index contributed by atoms with van der Waals surface area (Å²) >= 11 is 1.07. The number of rotatable bonds is 6. The lowest BCUT2D eigenvalue weighted by Gasteiger charge is -2.05. The Balaban J connectivity index is 1.69. The standard InChI is InChI=1S/C18H17N3O4S/c1-2-25-14-6-5-12-7-11(3-4-13(12)8-14)10-19-21-18-20-17(24)15(26-18)9-16(22)23/h3-8,10,15H,2,9H2,1H3,(H,22,23)(H,20,21,24). The summed E-state index contributed by atoms with van der Waals surface area (Å²) in [5.74, 6) is -0.550. The molecule has 0 spiro atoms. The van der Waals surface area contributed by atoms with Crippen LogP contribution in [0.3, 0.4) is 0 Å². The number of amidine groups is 1. The normalized spacial score (nSPS) is 18.6. The van der Waals surface area contributed by atoms with Crippen molar-refractivity contribution in [3.05, 3.63) is 42.0 Å². The molecule has 2 N–H and O–H groups in total. The summed E-state index contributed by atoms with van der Waals surface area (Å²) in [7, 11) is 0. The van der Waals surface area contributed by atoms with E-state index in [9.17, 15) is 9.59 Å². The molecular formula is C18H17N3O4S. The van der Waals surface area contributed by atoms with Gasteiger partial charge in [0.15, 0.2) is 5.17 Å². The first-order valence-corrected chi connectivity index (χ1v) is 8.90. The van der Waals surface area contributed by atoms with Gasteiger partial charge in [0, 0.05) is 0 Å². The zero-order chi connectivity index (χ0) is 18.5.